The number of rotatable bonds is 9. The number of allylic oxidation sites excluding steroid dienone is 1. The van der Waals surface area contributed by atoms with Gasteiger partial charge in [-0.05, 0) is 38.1 Å². The summed E-state index contributed by atoms with van der Waals surface area (Å²) in [5.74, 6) is -0.694. The minimum Gasteiger partial charge on any atom is -0.342 e. The monoisotopic (exact) mass is 453 g/mol. The number of hydrogen-bond donors (Lipinski definition) is 2. The van der Waals surface area contributed by atoms with E-state index in [1.807, 2.05) is 31.2 Å². The van der Waals surface area contributed by atoms with Crippen LogP contribution in [0.25, 0.3) is 0 Å². The number of aromatic nitrogens is 3. The molecule has 2 amide bonds. The van der Waals surface area contributed by atoms with Crippen LogP contribution in [0.1, 0.15) is 34.7 Å². The molecule has 0 saturated heterocycles. The molecule has 0 fully saturated rings. The van der Waals surface area contributed by atoms with Gasteiger partial charge in [-0.1, -0.05) is 47.7 Å². The Kier molecular flexibility index (Phi) is 7.77. The molecular weight excluding hydrogens is 429 g/mol. The second-order valence-corrected chi connectivity index (χ2v) is 8.06. The minimum atomic E-state index is -0.597. The topological polar surface area (TPSA) is 88.9 Å². The molecule has 0 spiro atoms. The first-order chi connectivity index (χ1) is 15.4. The summed E-state index contributed by atoms with van der Waals surface area (Å²) in [6.45, 7) is 7.86. The number of halogens is 1. The van der Waals surface area contributed by atoms with E-state index < -0.39 is 17.8 Å². The molecule has 0 saturated carbocycles. The Labute approximate surface area is 190 Å². The first-order valence-corrected chi connectivity index (χ1v) is 11.0. The molecule has 2 N–H and O–H groups in total. The van der Waals surface area contributed by atoms with Gasteiger partial charge >= 0.3 is 0 Å². The third-order valence-electron chi connectivity index (χ3n) is 4.58. The van der Waals surface area contributed by atoms with Crippen LogP contribution in [0.15, 0.2) is 66.3 Å². The zero-order valence-corrected chi connectivity index (χ0v) is 18.7. The lowest BCUT2D eigenvalue weighted by atomic mass is 10.2. The van der Waals surface area contributed by atoms with Crippen LogP contribution in [0.3, 0.4) is 0 Å². The van der Waals surface area contributed by atoms with E-state index in [1.165, 1.54) is 30.0 Å². The van der Waals surface area contributed by atoms with Gasteiger partial charge in [0, 0.05) is 12.2 Å². The lowest BCUT2D eigenvalue weighted by Crippen LogP contribution is -2.29. The largest absolute Gasteiger partial charge is 0.342 e. The van der Waals surface area contributed by atoms with Crippen LogP contribution in [0.4, 0.5) is 10.1 Å². The number of carbonyl (C=O) groups excluding carboxylic acids is 2. The van der Waals surface area contributed by atoms with Crippen LogP contribution in [-0.4, -0.2) is 32.3 Å². The predicted molar refractivity (Wildman–Crippen MR) is 123 cm³/mol. The summed E-state index contributed by atoms with van der Waals surface area (Å²) in [6.07, 6.45) is 1.68. The first kappa shape index (κ1) is 23.2. The molecule has 0 unspecified atom stereocenters. The maximum atomic E-state index is 13.9. The Bertz CT molecular complexity index is 1110. The highest BCUT2D eigenvalue weighted by molar-refractivity contribution is 7.99. The quantitative estimate of drug-likeness (QED) is 0.376. The van der Waals surface area contributed by atoms with Gasteiger partial charge in [0.05, 0.1) is 17.4 Å². The maximum Gasteiger partial charge on any atom is 0.254 e. The Morgan fingerprint density at radius 2 is 1.91 bits per heavy atom. The van der Waals surface area contributed by atoms with Crippen molar-refractivity contribution in [3.05, 3.63) is 84.0 Å². The van der Waals surface area contributed by atoms with Crippen molar-refractivity contribution in [1.29, 1.82) is 0 Å². The fourth-order valence-electron chi connectivity index (χ4n) is 2.98. The van der Waals surface area contributed by atoms with Crippen molar-refractivity contribution in [2.75, 3.05) is 11.1 Å². The number of hydrogen-bond acceptors (Lipinski definition) is 5. The number of carbonyl (C=O) groups is 2. The molecule has 2 aromatic carbocycles. The van der Waals surface area contributed by atoms with Crippen LogP contribution in [0.2, 0.25) is 0 Å². The van der Waals surface area contributed by atoms with Crippen molar-refractivity contribution in [1.82, 2.24) is 20.1 Å². The summed E-state index contributed by atoms with van der Waals surface area (Å²) < 4.78 is 15.7. The number of amides is 2. The van der Waals surface area contributed by atoms with E-state index in [1.54, 1.807) is 23.6 Å². The Balaban J connectivity index is 1.67. The number of aryl methyl sites for hydroxylation is 1. The van der Waals surface area contributed by atoms with E-state index in [0.717, 1.165) is 11.3 Å². The fourth-order valence-corrected chi connectivity index (χ4v) is 3.73. The number of benzene rings is 2. The molecule has 1 atom stereocenters. The highest BCUT2D eigenvalue weighted by atomic mass is 32.2. The highest BCUT2D eigenvalue weighted by Crippen LogP contribution is 2.22. The van der Waals surface area contributed by atoms with Gasteiger partial charge in [-0.15, -0.1) is 16.8 Å². The zero-order valence-electron chi connectivity index (χ0n) is 17.8. The van der Waals surface area contributed by atoms with Gasteiger partial charge in [0.25, 0.3) is 5.91 Å². The van der Waals surface area contributed by atoms with Gasteiger partial charge in [0.2, 0.25) is 5.91 Å². The normalized spacial score (nSPS) is 11.6. The van der Waals surface area contributed by atoms with E-state index in [9.17, 15) is 14.0 Å². The molecule has 1 heterocycles. The highest BCUT2D eigenvalue weighted by Gasteiger charge is 2.21. The van der Waals surface area contributed by atoms with Gasteiger partial charge in [0.15, 0.2) is 11.0 Å². The van der Waals surface area contributed by atoms with E-state index in [0.29, 0.717) is 17.5 Å². The standard InChI is InChI=1S/C23H24FN5O2S/c1-4-13-29-21(16(3)25-22(31)18-7-5-6-8-19(18)24)27-28-23(29)32-14-20(30)26-17-11-9-15(2)10-12-17/h4-12,16H,1,13-14H2,2-3H3,(H,25,31)(H,26,30)/t16-/m0/s1. The molecule has 166 valence electrons. The van der Waals surface area contributed by atoms with Gasteiger partial charge in [-0.2, -0.15) is 0 Å². The Morgan fingerprint density at radius 1 is 1.19 bits per heavy atom. The Hall–Kier alpha value is -3.46. The van der Waals surface area contributed by atoms with Crippen molar-refractivity contribution in [3.8, 4) is 0 Å². The second-order valence-electron chi connectivity index (χ2n) is 7.12. The molecule has 3 aromatic rings. The first-order valence-electron chi connectivity index (χ1n) is 9.97. The molecule has 9 heteroatoms. The summed E-state index contributed by atoms with van der Waals surface area (Å²) >= 11 is 1.23. The smallest absolute Gasteiger partial charge is 0.254 e. The summed E-state index contributed by atoms with van der Waals surface area (Å²) in [4.78, 5) is 24.8. The maximum absolute atomic E-state index is 13.9. The third kappa shape index (κ3) is 5.82. The molecule has 0 aliphatic carbocycles. The van der Waals surface area contributed by atoms with Crippen molar-refractivity contribution in [2.24, 2.45) is 0 Å². The second kappa shape index (κ2) is 10.7. The van der Waals surface area contributed by atoms with Crippen molar-refractivity contribution < 1.29 is 14.0 Å². The fraction of sp³-hybridized carbons (Fsp3) is 0.217. The summed E-state index contributed by atoms with van der Waals surface area (Å²) in [7, 11) is 0. The molecule has 7 nitrogen and oxygen atoms in total. The van der Waals surface area contributed by atoms with Gasteiger partial charge in [-0.3, -0.25) is 9.59 Å². The number of nitrogens with one attached hydrogen (secondary N) is 2. The number of anilines is 1. The molecular formula is C23H24FN5O2S. The molecule has 3 rings (SSSR count). The van der Waals surface area contributed by atoms with Crippen molar-refractivity contribution in [3.63, 3.8) is 0 Å². The molecule has 0 radical (unpaired) electrons. The van der Waals surface area contributed by atoms with Crippen LogP contribution in [0.5, 0.6) is 0 Å². The summed E-state index contributed by atoms with van der Waals surface area (Å²) in [5.41, 5.74) is 1.79. The average molecular weight is 454 g/mol. The molecule has 32 heavy (non-hydrogen) atoms. The van der Waals surface area contributed by atoms with E-state index in [-0.39, 0.29) is 17.2 Å². The minimum absolute atomic E-state index is 0.0449. The third-order valence-corrected chi connectivity index (χ3v) is 5.54. The van der Waals surface area contributed by atoms with E-state index >= 15 is 0 Å². The van der Waals surface area contributed by atoms with E-state index in [4.69, 9.17) is 0 Å². The SMILES string of the molecule is C=CCn1c(SCC(=O)Nc2ccc(C)cc2)nnc1[C@H](C)NC(=O)c1ccccc1F. The number of thioether (sulfide) groups is 1. The Morgan fingerprint density at radius 3 is 2.59 bits per heavy atom. The average Bonchev–Trinajstić information content (AvgIpc) is 3.17. The zero-order chi connectivity index (χ0) is 23.1. The lowest BCUT2D eigenvalue weighted by Gasteiger charge is -2.15. The van der Waals surface area contributed by atoms with E-state index in [2.05, 4.69) is 27.4 Å². The predicted octanol–water partition coefficient (Wildman–Crippen LogP) is 4.13. The van der Waals surface area contributed by atoms with Crippen molar-refractivity contribution >= 4 is 29.3 Å². The van der Waals surface area contributed by atoms with Crippen molar-refractivity contribution in [2.45, 2.75) is 31.6 Å². The van der Waals surface area contributed by atoms with Gasteiger partial charge < -0.3 is 15.2 Å². The molecule has 0 aliphatic rings. The molecule has 1 aromatic heterocycles. The van der Waals surface area contributed by atoms with Crippen LogP contribution < -0.4 is 10.6 Å². The van der Waals surface area contributed by atoms with Gasteiger partial charge in [-0.25, -0.2) is 4.39 Å². The van der Waals surface area contributed by atoms with Crippen LogP contribution >= 0.6 is 11.8 Å². The number of nitrogens with zero attached hydrogens (tertiary/aromatic N) is 3. The van der Waals surface area contributed by atoms with Crippen LogP contribution in [-0.2, 0) is 11.3 Å². The van der Waals surface area contributed by atoms with Gasteiger partial charge in [0.1, 0.15) is 5.82 Å². The molecule has 0 bridgehead atoms. The molecule has 0 aliphatic heterocycles. The summed E-state index contributed by atoms with van der Waals surface area (Å²) in [5, 5.41) is 14.4. The summed E-state index contributed by atoms with van der Waals surface area (Å²) in [6, 6.07) is 12.8. The van der Waals surface area contributed by atoms with Crippen LogP contribution in [0, 0.1) is 12.7 Å². The lowest BCUT2D eigenvalue weighted by molar-refractivity contribution is -0.113.